The summed E-state index contributed by atoms with van der Waals surface area (Å²) in [5.41, 5.74) is 4.27. The standard InChI is InChI=1S/C15H22O/c1-5-13(9-15-12(4)16-15)14-7-6-10(2)11(3)8-14/h6-8,12-13,15H,5,9H2,1-4H3. The van der Waals surface area contributed by atoms with Gasteiger partial charge >= 0.3 is 0 Å². The third-order valence-electron chi connectivity index (χ3n) is 3.85. The summed E-state index contributed by atoms with van der Waals surface area (Å²) in [6.45, 7) is 8.80. The van der Waals surface area contributed by atoms with E-state index in [0.717, 1.165) is 0 Å². The Bertz CT molecular complexity index is 370. The van der Waals surface area contributed by atoms with Crippen molar-refractivity contribution in [2.45, 2.75) is 58.7 Å². The Morgan fingerprint density at radius 2 is 1.94 bits per heavy atom. The molecule has 1 aliphatic heterocycles. The molecule has 3 unspecified atom stereocenters. The molecule has 1 nitrogen and oxygen atoms in total. The minimum absolute atomic E-state index is 0.487. The molecule has 3 atom stereocenters. The van der Waals surface area contributed by atoms with E-state index in [4.69, 9.17) is 4.74 Å². The van der Waals surface area contributed by atoms with Crippen LogP contribution in [0, 0.1) is 13.8 Å². The average Bonchev–Trinajstić information content (AvgIpc) is 2.95. The van der Waals surface area contributed by atoms with Crippen molar-refractivity contribution in [2.24, 2.45) is 0 Å². The molecule has 88 valence electrons. The van der Waals surface area contributed by atoms with Crippen molar-refractivity contribution in [3.63, 3.8) is 0 Å². The summed E-state index contributed by atoms with van der Waals surface area (Å²) in [5.74, 6) is 0.661. The van der Waals surface area contributed by atoms with Gasteiger partial charge in [0, 0.05) is 0 Å². The van der Waals surface area contributed by atoms with Gasteiger partial charge in [-0.15, -0.1) is 0 Å². The lowest BCUT2D eigenvalue weighted by Crippen LogP contribution is -2.03. The number of ether oxygens (including phenoxy) is 1. The average molecular weight is 218 g/mol. The van der Waals surface area contributed by atoms with E-state index in [9.17, 15) is 0 Å². The summed E-state index contributed by atoms with van der Waals surface area (Å²) in [4.78, 5) is 0. The molecular weight excluding hydrogens is 196 g/mol. The third-order valence-corrected chi connectivity index (χ3v) is 3.85. The minimum atomic E-state index is 0.487. The van der Waals surface area contributed by atoms with E-state index in [1.54, 1.807) is 0 Å². The fourth-order valence-corrected chi connectivity index (χ4v) is 2.31. The first-order valence-corrected chi connectivity index (χ1v) is 6.34. The van der Waals surface area contributed by atoms with E-state index in [-0.39, 0.29) is 0 Å². The van der Waals surface area contributed by atoms with Crippen LogP contribution in [0.1, 0.15) is 49.3 Å². The number of hydrogen-bond donors (Lipinski definition) is 0. The molecule has 0 N–H and O–H groups in total. The van der Waals surface area contributed by atoms with Crippen LogP contribution < -0.4 is 0 Å². The number of rotatable bonds is 4. The first-order valence-electron chi connectivity index (χ1n) is 6.34. The van der Waals surface area contributed by atoms with Gasteiger partial charge in [-0.05, 0) is 56.2 Å². The molecule has 0 amide bonds. The van der Waals surface area contributed by atoms with Gasteiger partial charge in [0.25, 0.3) is 0 Å². The first-order chi connectivity index (χ1) is 7.61. The van der Waals surface area contributed by atoms with Crippen LogP contribution in [0.5, 0.6) is 0 Å². The van der Waals surface area contributed by atoms with Gasteiger partial charge in [-0.3, -0.25) is 0 Å². The Morgan fingerprint density at radius 3 is 2.44 bits per heavy atom. The van der Waals surface area contributed by atoms with Gasteiger partial charge in [0.15, 0.2) is 0 Å². The van der Waals surface area contributed by atoms with E-state index in [1.807, 2.05) is 0 Å². The molecule has 1 aromatic rings. The zero-order chi connectivity index (χ0) is 11.7. The summed E-state index contributed by atoms with van der Waals surface area (Å²) >= 11 is 0. The number of epoxide rings is 1. The molecule has 0 aliphatic carbocycles. The normalized spacial score (nSPS) is 25.5. The predicted octanol–water partition coefficient (Wildman–Crippen LogP) is 3.97. The highest BCUT2D eigenvalue weighted by Crippen LogP contribution is 2.34. The fourth-order valence-electron chi connectivity index (χ4n) is 2.31. The smallest absolute Gasteiger partial charge is 0.0844 e. The molecule has 1 heterocycles. The Kier molecular flexibility index (Phi) is 3.34. The van der Waals surface area contributed by atoms with Crippen molar-refractivity contribution in [2.75, 3.05) is 0 Å². The lowest BCUT2D eigenvalue weighted by molar-refractivity contribution is 0.357. The second-order valence-electron chi connectivity index (χ2n) is 5.06. The quantitative estimate of drug-likeness (QED) is 0.696. The maximum atomic E-state index is 5.52. The number of hydrogen-bond acceptors (Lipinski definition) is 1. The van der Waals surface area contributed by atoms with Crippen LogP contribution in [0.25, 0.3) is 0 Å². The molecule has 1 heteroatoms. The molecular formula is C15H22O. The maximum absolute atomic E-state index is 5.52. The molecule has 0 bridgehead atoms. The molecule has 0 radical (unpaired) electrons. The monoisotopic (exact) mass is 218 g/mol. The van der Waals surface area contributed by atoms with Crippen molar-refractivity contribution in [1.29, 1.82) is 0 Å². The Morgan fingerprint density at radius 1 is 1.25 bits per heavy atom. The number of aryl methyl sites for hydroxylation is 2. The predicted molar refractivity (Wildman–Crippen MR) is 67.9 cm³/mol. The van der Waals surface area contributed by atoms with Crippen LogP contribution >= 0.6 is 0 Å². The van der Waals surface area contributed by atoms with Gasteiger partial charge in [0.1, 0.15) is 0 Å². The van der Waals surface area contributed by atoms with Crippen molar-refractivity contribution in [3.05, 3.63) is 34.9 Å². The maximum Gasteiger partial charge on any atom is 0.0844 e. The van der Waals surface area contributed by atoms with Crippen LogP contribution in [0.3, 0.4) is 0 Å². The molecule has 1 aliphatic rings. The van der Waals surface area contributed by atoms with Gasteiger partial charge in [-0.25, -0.2) is 0 Å². The SMILES string of the molecule is CCC(CC1OC1C)c1ccc(C)c(C)c1. The largest absolute Gasteiger partial charge is 0.370 e. The van der Waals surface area contributed by atoms with Gasteiger partial charge in [0.2, 0.25) is 0 Å². The second kappa shape index (κ2) is 4.58. The van der Waals surface area contributed by atoms with Crippen LogP contribution in [-0.4, -0.2) is 12.2 Å². The summed E-state index contributed by atoms with van der Waals surface area (Å²) in [5, 5.41) is 0. The Labute approximate surface area is 98.8 Å². The van der Waals surface area contributed by atoms with Crippen LogP contribution in [0.4, 0.5) is 0 Å². The summed E-state index contributed by atoms with van der Waals surface area (Å²) in [7, 11) is 0. The summed E-state index contributed by atoms with van der Waals surface area (Å²) < 4.78 is 5.52. The first kappa shape index (κ1) is 11.7. The molecule has 0 spiro atoms. The van der Waals surface area contributed by atoms with Crippen molar-refractivity contribution < 1.29 is 4.74 Å². The zero-order valence-electron chi connectivity index (χ0n) is 10.8. The number of benzene rings is 1. The molecule has 0 saturated carbocycles. The lowest BCUT2D eigenvalue weighted by atomic mass is 9.89. The van der Waals surface area contributed by atoms with E-state index < -0.39 is 0 Å². The fraction of sp³-hybridized carbons (Fsp3) is 0.600. The van der Waals surface area contributed by atoms with Gasteiger partial charge in [-0.2, -0.15) is 0 Å². The molecule has 1 saturated heterocycles. The van der Waals surface area contributed by atoms with Gasteiger partial charge in [-0.1, -0.05) is 25.1 Å². The zero-order valence-corrected chi connectivity index (χ0v) is 10.8. The molecule has 16 heavy (non-hydrogen) atoms. The molecule has 2 rings (SSSR count). The van der Waals surface area contributed by atoms with Gasteiger partial charge < -0.3 is 4.74 Å². The van der Waals surface area contributed by atoms with E-state index in [0.29, 0.717) is 18.1 Å². The highest BCUT2D eigenvalue weighted by molar-refractivity contribution is 5.32. The van der Waals surface area contributed by atoms with Crippen molar-refractivity contribution in [1.82, 2.24) is 0 Å². The topological polar surface area (TPSA) is 12.5 Å². The third kappa shape index (κ3) is 2.46. The van der Waals surface area contributed by atoms with E-state index in [2.05, 4.69) is 45.9 Å². The molecule has 1 aromatic carbocycles. The highest BCUT2D eigenvalue weighted by atomic mass is 16.6. The summed E-state index contributed by atoms with van der Waals surface area (Å²) in [6.07, 6.45) is 3.38. The Balaban J connectivity index is 2.10. The second-order valence-corrected chi connectivity index (χ2v) is 5.06. The summed E-state index contributed by atoms with van der Waals surface area (Å²) in [6, 6.07) is 6.87. The van der Waals surface area contributed by atoms with E-state index in [1.165, 1.54) is 29.5 Å². The van der Waals surface area contributed by atoms with Crippen LogP contribution in [-0.2, 0) is 4.74 Å². The Hall–Kier alpha value is -0.820. The highest BCUT2D eigenvalue weighted by Gasteiger charge is 2.35. The van der Waals surface area contributed by atoms with Crippen molar-refractivity contribution in [3.8, 4) is 0 Å². The van der Waals surface area contributed by atoms with Crippen LogP contribution in [0.2, 0.25) is 0 Å². The lowest BCUT2D eigenvalue weighted by Gasteiger charge is -2.15. The molecule has 0 aromatic heterocycles. The van der Waals surface area contributed by atoms with Crippen LogP contribution in [0.15, 0.2) is 18.2 Å². The van der Waals surface area contributed by atoms with Crippen molar-refractivity contribution >= 4 is 0 Å². The van der Waals surface area contributed by atoms with E-state index >= 15 is 0 Å². The molecule has 1 fully saturated rings. The van der Waals surface area contributed by atoms with Gasteiger partial charge in [0.05, 0.1) is 12.2 Å². The minimum Gasteiger partial charge on any atom is -0.370 e.